The summed E-state index contributed by atoms with van der Waals surface area (Å²) in [5.41, 5.74) is 2.93. The van der Waals surface area contributed by atoms with Gasteiger partial charge >= 0.3 is 6.03 Å². The zero-order valence-electron chi connectivity index (χ0n) is 14.7. The predicted octanol–water partition coefficient (Wildman–Crippen LogP) is 3.73. The maximum absolute atomic E-state index is 12.2. The van der Waals surface area contributed by atoms with Crippen LogP contribution in [0.15, 0.2) is 42.5 Å². The summed E-state index contributed by atoms with van der Waals surface area (Å²) in [7, 11) is 0. The number of fused-ring (bicyclic) bond motifs is 1. The number of hydrogen-bond acceptors (Lipinski definition) is 4. The number of ether oxygens (including phenoxy) is 2. The van der Waals surface area contributed by atoms with Gasteiger partial charge < -0.3 is 25.0 Å². The molecule has 0 radical (unpaired) electrons. The third kappa shape index (κ3) is 3.85. The summed E-state index contributed by atoms with van der Waals surface area (Å²) in [6, 6.07) is 13.5. The van der Waals surface area contributed by atoms with Crippen molar-refractivity contribution in [3.05, 3.63) is 48.0 Å². The van der Waals surface area contributed by atoms with Gasteiger partial charge in [0.2, 0.25) is 6.79 Å². The minimum atomic E-state index is -0.224. The van der Waals surface area contributed by atoms with Crippen LogP contribution in [0.4, 0.5) is 16.2 Å². The summed E-state index contributed by atoms with van der Waals surface area (Å²) in [6.07, 6.45) is 3.76. The Hall–Kier alpha value is -2.89. The van der Waals surface area contributed by atoms with Gasteiger partial charge in [-0.15, -0.1) is 0 Å². The average molecular weight is 353 g/mol. The van der Waals surface area contributed by atoms with E-state index in [0.717, 1.165) is 35.8 Å². The Morgan fingerprint density at radius 2 is 1.85 bits per heavy atom. The van der Waals surface area contributed by atoms with Gasteiger partial charge in [-0.05, 0) is 55.2 Å². The van der Waals surface area contributed by atoms with Crippen LogP contribution in [0.1, 0.15) is 24.8 Å². The number of anilines is 2. The van der Waals surface area contributed by atoms with E-state index in [1.54, 1.807) is 0 Å². The van der Waals surface area contributed by atoms with Crippen LogP contribution in [0.25, 0.3) is 0 Å². The molecule has 2 aliphatic heterocycles. The topological polar surface area (TPSA) is 62.8 Å². The highest BCUT2D eigenvalue weighted by Crippen LogP contribution is 2.32. The molecule has 0 saturated carbocycles. The normalized spacial score (nSPS) is 15.6. The summed E-state index contributed by atoms with van der Waals surface area (Å²) in [4.78, 5) is 14.6. The van der Waals surface area contributed by atoms with E-state index in [2.05, 4.69) is 21.6 Å². The molecule has 2 aromatic carbocycles. The lowest BCUT2D eigenvalue weighted by Crippen LogP contribution is -2.30. The monoisotopic (exact) mass is 353 g/mol. The number of benzene rings is 2. The molecule has 0 aliphatic carbocycles. The lowest BCUT2D eigenvalue weighted by molar-refractivity contribution is 0.174. The number of nitrogens with zero attached hydrogens (tertiary/aromatic N) is 1. The van der Waals surface area contributed by atoms with Crippen LogP contribution in [0.2, 0.25) is 0 Å². The Bertz CT molecular complexity index is 788. The first-order chi connectivity index (χ1) is 12.8. The van der Waals surface area contributed by atoms with E-state index in [9.17, 15) is 4.79 Å². The molecule has 0 bridgehead atoms. The Kier molecular flexibility index (Phi) is 4.82. The van der Waals surface area contributed by atoms with Crippen LogP contribution >= 0.6 is 0 Å². The van der Waals surface area contributed by atoms with Gasteiger partial charge in [-0.1, -0.05) is 12.1 Å². The predicted molar refractivity (Wildman–Crippen MR) is 101 cm³/mol. The summed E-state index contributed by atoms with van der Waals surface area (Å²) in [5, 5.41) is 5.79. The maximum atomic E-state index is 12.2. The number of urea groups is 1. The summed E-state index contributed by atoms with van der Waals surface area (Å²) in [6.45, 7) is 2.84. The van der Waals surface area contributed by atoms with Gasteiger partial charge in [0.25, 0.3) is 0 Å². The highest BCUT2D eigenvalue weighted by molar-refractivity contribution is 5.89. The van der Waals surface area contributed by atoms with Crippen molar-refractivity contribution in [2.75, 3.05) is 30.1 Å². The largest absolute Gasteiger partial charge is 0.454 e. The number of hydrogen-bond donors (Lipinski definition) is 2. The molecule has 2 aliphatic rings. The number of nitrogens with one attached hydrogen (secondary N) is 2. The van der Waals surface area contributed by atoms with Crippen molar-refractivity contribution < 1.29 is 14.3 Å². The van der Waals surface area contributed by atoms with Crippen molar-refractivity contribution in [2.24, 2.45) is 0 Å². The van der Waals surface area contributed by atoms with Crippen molar-refractivity contribution in [1.82, 2.24) is 5.32 Å². The number of carbonyl (C=O) groups excluding carboxylic acids is 1. The molecular formula is C20H23N3O3. The number of amides is 2. The SMILES string of the molecule is O=C(NCc1ccc2c(c1)OCO2)Nc1cccc(N2CCCCC2)c1. The fourth-order valence-electron chi connectivity index (χ4n) is 3.34. The van der Waals surface area contributed by atoms with E-state index in [-0.39, 0.29) is 12.8 Å². The molecule has 2 heterocycles. The lowest BCUT2D eigenvalue weighted by Gasteiger charge is -2.29. The van der Waals surface area contributed by atoms with Gasteiger partial charge in [0.05, 0.1) is 0 Å². The van der Waals surface area contributed by atoms with Crippen LogP contribution in [-0.2, 0) is 6.54 Å². The Morgan fingerprint density at radius 1 is 1.00 bits per heavy atom. The first kappa shape index (κ1) is 16.6. The van der Waals surface area contributed by atoms with Crippen molar-refractivity contribution in [1.29, 1.82) is 0 Å². The molecule has 0 spiro atoms. The molecular weight excluding hydrogens is 330 g/mol. The Morgan fingerprint density at radius 3 is 2.73 bits per heavy atom. The van der Waals surface area contributed by atoms with E-state index in [0.29, 0.717) is 6.54 Å². The van der Waals surface area contributed by atoms with Crippen molar-refractivity contribution >= 4 is 17.4 Å². The molecule has 2 aromatic rings. The highest BCUT2D eigenvalue weighted by Gasteiger charge is 2.14. The smallest absolute Gasteiger partial charge is 0.319 e. The number of carbonyl (C=O) groups is 1. The Balaban J connectivity index is 1.33. The summed E-state index contributed by atoms with van der Waals surface area (Å²) in [5.74, 6) is 1.46. The Labute approximate surface area is 153 Å². The van der Waals surface area contributed by atoms with Gasteiger partial charge in [-0.2, -0.15) is 0 Å². The molecule has 0 aromatic heterocycles. The highest BCUT2D eigenvalue weighted by atomic mass is 16.7. The molecule has 2 amide bonds. The summed E-state index contributed by atoms with van der Waals surface area (Å²) < 4.78 is 10.7. The van der Waals surface area contributed by atoms with Gasteiger partial charge in [0.15, 0.2) is 11.5 Å². The van der Waals surface area contributed by atoms with Gasteiger partial charge in [-0.25, -0.2) is 4.79 Å². The second-order valence-electron chi connectivity index (χ2n) is 6.59. The molecule has 6 heteroatoms. The fraction of sp³-hybridized carbons (Fsp3) is 0.350. The third-order valence-electron chi connectivity index (χ3n) is 4.72. The quantitative estimate of drug-likeness (QED) is 0.879. The van der Waals surface area contributed by atoms with Crippen LogP contribution in [-0.4, -0.2) is 25.9 Å². The maximum Gasteiger partial charge on any atom is 0.319 e. The van der Waals surface area contributed by atoms with E-state index >= 15 is 0 Å². The van der Waals surface area contributed by atoms with Crippen LogP contribution in [0.3, 0.4) is 0 Å². The van der Waals surface area contributed by atoms with E-state index in [4.69, 9.17) is 9.47 Å². The second kappa shape index (κ2) is 7.56. The second-order valence-corrected chi connectivity index (χ2v) is 6.59. The minimum Gasteiger partial charge on any atom is -0.454 e. The zero-order chi connectivity index (χ0) is 17.8. The lowest BCUT2D eigenvalue weighted by atomic mass is 10.1. The molecule has 1 saturated heterocycles. The third-order valence-corrected chi connectivity index (χ3v) is 4.72. The molecule has 136 valence electrons. The van der Waals surface area contributed by atoms with E-state index < -0.39 is 0 Å². The van der Waals surface area contributed by atoms with Crippen molar-refractivity contribution in [3.63, 3.8) is 0 Å². The molecule has 26 heavy (non-hydrogen) atoms. The number of rotatable bonds is 4. The standard InChI is InChI=1S/C20H23N3O3/c24-20(21-13-15-7-8-18-19(11-15)26-14-25-18)22-16-5-4-6-17(12-16)23-9-2-1-3-10-23/h4-8,11-12H,1-3,9-10,13-14H2,(H2,21,22,24). The fourth-order valence-corrected chi connectivity index (χ4v) is 3.34. The number of piperidine rings is 1. The molecule has 2 N–H and O–H groups in total. The van der Waals surface area contributed by atoms with Gasteiger partial charge in [0.1, 0.15) is 0 Å². The van der Waals surface area contributed by atoms with Gasteiger partial charge in [0, 0.05) is 31.0 Å². The molecule has 4 rings (SSSR count). The average Bonchev–Trinajstić information content (AvgIpc) is 3.15. The molecule has 6 nitrogen and oxygen atoms in total. The van der Waals surface area contributed by atoms with E-state index in [1.165, 1.54) is 24.9 Å². The van der Waals surface area contributed by atoms with Crippen LogP contribution in [0, 0.1) is 0 Å². The van der Waals surface area contributed by atoms with Crippen molar-refractivity contribution in [2.45, 2.75) is 25.8 Å². The summed E-state index contributed by atoms with van der Waals surface area (Å²) >= 11 is 0. The molecule has 0 atom stereocenters. The molecule has 1 fully saturated rings. The first-order valence-corrected chi connectivity index (χ1v) is 9.06. The van der Waals surface area contributed by atoms with Crippen LogP contribution < -0.4 is 25.0 Å². The van der Waals surface area contributed by atoms with Crippen molar-refractivity contribution in [3.8, 4) is 11.5 Å². The van der Waals surface area contributed by atoms with Gasteiger partial charge in [-0.3, -0.25) is 0 Å². The molecule has 0 unspecified atom stereocenters. The van der Waals surface area contributed by atoms with E-state index in [1.807, 2.05) is 36.4 Å². The first-order valence-electron chi connectivity index (χ1n) is 9.06. The van der Waals surface area contributed by atoms with Crippen LogP contribution in [0.5, 0.6) is 11.5 Å². The minimum absolute atomic E-state index is 0.224. The zero-order valence-corrected chi connectivity index (χ0v) is 14.7.